The number of anilines is 1. The summed E-state index contributed by atoms with van der Waals surface area (Å²) in [7, 11) is -2.66. The zero-order valence-corrected chi connectivity index (χ0v) is 28.1. The first-order valence-electron chi connectivity index (χ1n) is 15.1. The number of aryl methyl sites for hydroxylation is 1. The standard InChI is InChI=1S/C36H40ClN3O5S/c1-5-27(3)38-36(42)34(22-28-13-8-6-9-14-28)39(24-29-15-12-16-31(21-29)45-4)35(41)25-40(30-20-19-26(2)33(37)23-30)46(43,44)32-17-10-7-11-18-32/h6-21,23,27,34H,5,22,24-25H2,1-4H3,(H,38,42)/t27-,34+/m1/s1. The number of nitrogens with zero attached hydrogens (tertiary/aromatic N) is 2. The van der Waals surface area contributed by atoms with Crippen LogP contribution in [0.3, 0.4) is 0 Å². The van der Waals surface area contributed by atoms with Crippen LogP contribution in [0.4, 0.5) is 5.69 Å². The van der Waals surface area contributed by atoms with E-state index in [2.05, 4.69) is 5.32 Å². The van der Waals surface area contributed by atoms with Crippen LogP contribution in [0.15, 0.2) is 108 Å². The second kappa shape index (κ2) is 15.8. The highest BCUT2D eigenvalue weighted by molar-refractivity contribution is 7.92. The summed E-state index contributed by atoms with van der Waals surface area (Å²) in [5.41, 5.74) is 2.57. The lowest BCUT2D eigenvalue weighted by molar-refractivity contribution is -0.140. The second-order valence-electron chi connectivity index (χ2n) is 11.2. The number of methoxy groups -OCH3 is 1. The maximum atomic E-state index is 14.6. The summed E-state index contributed by atoms with van der Waals surface area (Å²) >= 11 is 6.45. The Hall–Kier alpha value is -4.34. The summed E-state index contributed by atoms with van der Waals surface area (Å²) in [6.45, 7) is 5.15. The number of carbonyl (C=O) groups excluding carboxylic acids is 2. The molecule has 1 N–H and O–H groups in total. The molecule has 0 aliphatic heterocycles. The fourth-order valence-electron chi connectivity index (χ4n) is 4.95. The van der Waals surface area contributed by atoms with Crippen molar-refractivity contribution in [3.63, 3.8) is 0 Å². The number of halogens is 1. The largest absolute Gasteiger partial charge is 0.497 e. The molecule has 0 radical (unpaired) electrons. The molecule has 0 saturated heterocycles. The first-order valence-corrected chi connectivity index (χ1v) is 17.0. The van der Waals surface area contributed by atoms with E-state index in [-0.39, 0.29) is 35.5 Å². The highest BCUT2D eigenvalue weighted by Gasteiger charge is 2.35. The molecule has 0 aliphatic carbocycles. The Balaban J connectivity index is 1.83. The van der Waals surface area contributed by atoms with Crippen LogP contribution < -0.4 is 14.4 Å². The molecule has 0 aliphatic rings. The van der Waals surface area contributed by atoms with Gasteiger partial charge in [-0.2, -0.15) is 0 Å². The van der Waals surface area contributed by atoms with Crippen LogP contribution in [-0.2, 0) is 32.6 Å². The van der Waals surface area contributed by atoms with E-state index in [4.69, 9.17) is 16.3 Å². The monoisotopic (exact) mass is 661 g/mol. The molecule has 0 heterocycles. The zero-order valence-electron chi connectivity index (χ0n) is 26.5. The lowest BCUT2D eigenvalue weighted by atomic mass is 10.0. The summed E-state index contributed by atoms with van der Waals surface area (Å²) in [6, 6.07) is 28.4. The van der Waals surface area contributed by atoms with Crippen LogP contribution in [0.2, 0.25) is 5.02 Å². The van der Waals surface area contributed by atoms with Crippen LogP contribution in [0, 0.1) is 6.92 Å². The third kappa shape index (κ3) is 8.68. The van der Waals surface area contributed by atoms with Crippen molar-refractivity contribution < 1.29 is 22.7 Å². The lowest BCUT2D eigenvalue weighted by Crippen LogP contribution is -2.54. The summed E-state index contributed by atoms with van der Waals surface area (Å²) in [6.07, 6.45) is 0.922. The second-order valence-corrected chi connectivity index (χ2v) is 13.4. The van der Waals surface area contributed by atoms with Gasteiger partial charge < -0.3 is 15.0 Å². The molecular weight excluding hydrogens is 622 g/mol. The van der Waals surface area contributed by atoms with E-state index in [0.29, 0.717) is 17.2 Å². The van der Waals surface area contributed by atoms with Crippen LogP contribution in [0.5, 0.6) is 5.75 Å². The third-order valence-corrected chi connectivity index (χ3v) is 10.0. The Morgan fingerprint density at radius 2 is 1.54 bits per heavy atom. The van der Waals surface area contributed by atoms with Crippen molar-refractivity contribution in [3.8, 4) is 5.75 Å². The van der Waals surface area contributed by atoms with Gasteiger partial charge in [-0.05, 0) is 73.4 Å². The Labute approximate surface area is 277 Å². The van der Waals surface area contributed by atoms with Gasteiger partial charge in [0.25, 0.3) is 10.0 Å². The van der Waals surface area contributed by atoms with Crippen LogP contribution in [-0.4, -0.2) is 50.9 Å². The van der Waals surface area contributed by atoms with E-state index in [1.807, 2.05) is 63.2 Å². The van der Waals surface area contributed by atoms with Crippen molar-refractivity contribution in [1.82, 2.24) is 10.2 Å². The van der Waals surface area contributed by atoms with E-state index in [1.165, 1.54) is 23.1 Å². The van der Waals surface area contributed by atoms with Crippen LogP contribution in [0.25, 0.3) is 0 Å². The molecule has 4 aromatic carbocycles. The molecule has 242 valence electrons. The predicted octanol–water partition coefficient (Wildman–Crippen LogP) is 6.41. The fraction of sp³-hybridized carbons (Fsp3) is 0.278. The smallest absolute Gasteiger partial charge is 0.264 e. The number of sulfonamides is 1. The SMILES string of the molecule is CC[C@@H](C)NC(=O)[C@H](Cc1ccccc1)N(Cc1cccc(OC)c1)C(=O)CN(c1ccc(C)c(Cl)c1)S(=O)(=O)c1ccccc1. The molecule has 0 aromatic heterocycles. The van der Waals surface area contributed by atoms with E-state index >= 15 is 0 Å². The van der Waals surface area contributed by atoms with Gasteiger partial charge in [-0.15, -0.1) is 0 Å². The zero-order chi connectivity index (χ0) is 33.3. The summed E-state index contributed by atoms with van der Waals surface area (Å²) in [4.78, 5) is 30.0. The molecule has 10 heteroatoms. The number of benzene rings is 4. The van der Waals surface area contributed by atoms with Gasteiger partial charge in [-0.3, -0.25) is 13.9 Å². The van der Waals surface area contributed by atoms with Crippen LogP contribution in [0.1, 0.15) is 37.0 Å². The van der Waals surface area contributed by atoms with Crippen molar-refractivity contribution in [2.24, 2.45) is 0 Å². The third-order valence-electron chi connectivity index (χ3n) is 7.81. The van der Waals surface area contributed by atoms with E-state index in [0.717, 1.165) is 21.0 Å². The molecular formula is C36H40ClN3O5S. The Kier molecular flexibility index (Phi) is 11.8. The maximum Gasteiger partial charge on any atom is 0.264 e. The number of hydrogen-bond acceptors (Lipinski definition) is 5. The molecule has 0 fully saturated rings. The average Bonchev–Trinajstić information content (AvgIpc) is 3.07. The highest BCUT2D eigenvalue weighted by atomic mass is 35.5. The predicted molar refractivity (Wildman–Crippen MR) is 183 cm³/mol. The molecule has 0 saturated carbocycles. The quantitative estimate of drug-likeness (QED) is 0.169. The van der Waals surface area contributed by atoms with Crippen molar-refractivity contribution in [2.75, 3.05) is 18.0 Å². The first kappa shape index (κ1) is 34.5. The van der Waals surface area contributed by atoms with Crippen LogP contribution >= 0.6 is 11.6 Å². The number of amides is 2. The Morgan fingerprint density at radius 1 is 0.891 bits per heavy atom. The number of ether oxygens (including phenoxy) is 1. The molecule has 0 spiro atoms. The van der Waals surface area contributed by atoms with E-state index < -0.39 is 28.5 Å². The van der Waals surface area contributed by atoms with Gasteiger partial charge in [-0.25, -0.2) is 8.42 Å². The van der Waals surface area contributed by atoms with Crippen molar-refractivity contribution in [3.05, 3.63) is 125 Å². The minimum atomic E-state index is -4.22. The first-order chi connectivity index (χ1) is 22.0. The molecule has 0 bridgehead atoms. The van der Waals surface area contributed by atoms with Gasteiger partial charge >= 0.3 is 0 Å². The van der Waals surface area contributed by atoms with E-state index in [9.17, 15) is 18.0 Å². The maximum absolute atomic E-state index is 14.6. The Morgan fingerprint density at radius 3 is 2.17 bits per heavy atom. The number of carbonyl (C=O) groups is 2. The summed E-state index contributed by atoms with van der Waals surface area (Å²) < 4.78 is 34.7. The molecule has 4 rings (SSSR count). The Bertz CT molecular complexity index is 1740. The molecule has 8 nitrogen and oxygen atoms in total. The number of hydrogen-bond donors (Lipinski definition) is 1. The van der Waals surface area contributed by atoms with Gasteiger partial charge in [0.15, 0.2) is 0 Å². The molecule has 2 amide bonds. The lowest BCUT2D eigenvalue weighted by Gasteiger charge is -2.34. The minimum Gasteiger partial charge on any atom is -0.497 e. The molecule has 4 aromatic rings. The van der Waals surface area contributed by atoms with Gasteiger partial charge in [0.2, 0.25) is 11.8 Å². The van der Waals surface area contributed by atoms with Gasteiger partial charge in [0, 0.05) is 24.0 Å². The topological polar surface area (TPSA) is 96.0 Å². The van der Waals surface area contributed by atoms with Crippen molar-refractivity contribution >= 4 is 39.1 Å². The van der Waals surface area contributed by atoms with Crippen molar-refractivity contribution in [2.45, 2.75) is 57.1 Å². The fourth-order valence-corrected chi connectivity index (χ4v) is 6.55. The summed E-state index contributed by atoms with van der Waals surface area (Å²) in [5, 5.41) is 3.40. The molecule has 0 unspecified atom stereocenters. The van der Waals surface area contributed by atoms with Crippen molar-refractivity contribution in [1.29, 1.82) is 0 Å². The molecule has 46 heavy (non-hydrogen) atoms. The average molecular weight is 662 g/mol. The summed E-state index contributed by atoms with van der Waals surface area (Å²) in [5.74, 6) is -0.291. The number of nitrogens with one attached hydrogen (secondary N) is 1. The van der Waals surface area contributed by atoms with Gasteiger partial charge in [0.05, 0.1) is 17.7 Å². The normalized spacial score (nSPS) is 12.5. The minimum absolute atomic E-state index is 0.0224. The van der Waals surface area contributed by atoms with Gasteiger partial charge in [0.1, 0.15) is 18.3 Å². The number of rotatable bonds is 14. The van der Waals surface area contributed by atoms with E-state index in [1.54, 1.807) is 49.6 Å². The highest BCUT2D eigenvalue weighted by Crippen LogP contribution is 2.29. The van der Waals surface area contributed by atoms with Gasteiger partial charge in [-0.1, -0.05) is 85.3 Å². The molecule has 2 atom stereocenters.